The number of carbonyl (C=O) groups excluding carboxylic acids is 1. The van der Waals surface area contributed by atoms with Crippen LogP contribution < -0.4 is 5.32 Å². The number of nitrogens with one attached hydrogen (secondary N) is 1. The fourth-order valence-corrected chi connectivity index (χ4v) is 2.17. The van der Waals surface area contributed by atoms with Crippen LogP contribution in [0.25, 0.3) is 0 Å². The maximum atomic E-state index is 13.6. The fraction of sp³-hybridized carbons (Fsp3) is 0.462. The first-order valence-electron chi connectivity index (χ1n) is 6.00. The molecule has 1 N–H and O–H groups in total. The van der Waals surface area contributed by atoms with E-state index in [9.17, 15) is 13.6 Å². The van der Waals surface area contributed by atoms with Gasteiger partial charge in [-0.3, -0.25) is 4.79 Å². The summed E-state index contributed by atoms with van der Waals surface area (Å²) in [7, 11) is 0. The van der Waals surface area contributed by atoms with Crippen molar-refractivity contribution in [3.8, 4) is 0 Å². The summed E-state index contributed by atoms with van der Waals surface area (Å²) in [5, 5.41) is 3.23. The van der Waals surface area contributed by atoms with Crippen LogP contribution in [0.1, 0.15) is 24.2 Å². The minimum atomic E-state index is -1.07. The Labute approximate surface area is 117 Å². The summed E-state index contributed by atoms with van der Waals surface area (Å²) in [5.41, 5.74) is -0.198. The number of halogens is 3. The molecule has 0 spiro atoms. The zero-order valence-electron chi connectivity index (χ0n) is 10.8. The van der Waals surface area contributed by atoms with Gasteiger partial charge in [0, 0.05) is 25.2 Å². The molecule has 0 aromatic heterocycles. The van der Waals surface area contributed by atoms with Gasteiger partial charge >= 0.3 is 0 Å². The minimum Gasteiger partial charge on any atom is -0.333 e. The van der Waals surface area contributed by atoms with Crippen LogP contribution in [-0.2, 0) is 0 Å². The van der Waals surface area contributed by atoms with Crippen molar-refractivity contribution in [3.05, 3.63) is 35.4 Å². The molecule has 106 valence electrons. The summed E-state index contributed by atoms with van der Waals surface area (Å²) in [6.07, 6.45) is 0. The zero-order chi connectivity index (χ0) is 13.3. The van der Waals surface area contributed by atoms with E-state index in [4.69, 9.17) is 0 Å². The number of nitrogens with zero attached hydrogens (tertiary/aromatic N) is 1. The van der Waals surface area contributed by atoms with Crippen LogP contribution in [0.5, 0.6) is 0 Å². The van der Waals surface area contributed by atoms with Gasteiger partial charge in [-0.1, -0.05) is 6.07 Å². The largest absolute Gasteiger partial charge is 0.333 e. The molecule has 2 atom stereocenters. The highest BCUT2D eigenvalue weighted by molar-refractivity contribution is 5.94. The molecule has 6 heteroatoms. The summed E-state index contributed by atoms with van der Waals surface area (Å²) in [5.74, 6) is -2.51. The van der Waals surface area contributed by atoms with E-state index in [1.165, 1.54) is 12.1 Å². The Hall–Kier alpha value is -1.20. The van der Waals surface area contributed by atoms with Crippen LogP contribution in [0.15, 0.2) is 18.2 Å². The Balaban J connectivity index is 0.00000180. The highest BCUT2D eigenvalue weighted by Crippen LogP contribution is 2.17. The molecule has 0 aliphatic carbocycles. The highest BCUT2D eigenvalue weighted by atomic mass is 35.5. The Morgan fingerprint density at radius 2 is 2.05 bits per heavy atom. The third-order valence-corrected chi connectivity index (χ3v) is 3.48. The summed E-state index contributed by atoms with van der Waals surface area (Å²) in [6, 6.07) is 3.77. The molecule has 1 aromatic carbocycles. The molecule has 0 bridgehead atoms. The van der Waals surface area contributed by atoms with Crippen molar-refractivity contribution in [2.24, 2.45) is 0 Å². The Bertz CT molecular complexity index is 470. The van der Waals surface area contributed by atoms with Crippen LogP contribution in [0, 0.1) is 11.6 Å². The fourth-order valence-electron chi connectivity index (χ4n) is 2.17. The number of hydrogen-bond donors (Lipinski definition) is 1. The van der Waals surface area contributed by atoms with Crippen molar-refractivity contribution in [1.29, 1.82) is 0 Å². The van der Waals surface area contributed by atoms with Crippen LogP contribution in [0.4, 0.5) is 8.78 Å². The summed E-state index contributed by atoms with van der Waals surface area (Å²) in [6.45, 7) is 5.02. The van der Waals surface area contributed by atoms with Gasteiger partial charge in [0.1, 0.15) is 0 Å². The molecule has 3 nitrogen and oxygen atoms in total. The van der Waals surface area contributed by atoms with Gasteiger partial charge in [-0.2, -0.15) is 0 Å². The van der Waals surface area contributed by atoms with Crippen LogP contribution in [-0.4, -0.2) is 36.0 Å². The molecule has 1 aliphatic rings. The number of benzene rings is 1. The first kappa shape index (κ1) is 15.9. The molecule has 1 saturated heterocycles. The van der Waals surface area contributed by atoms with E-state index >= 15 is 0 Å². The number of rotatable bonds is 1. The highest BCUT2D eigenvalue weighted by Gasteiger charge is 2.30. The van der Waals surface area contributed by atoms with Crippen molar-refractivity contribution < 1.29 is 13.6 Å². The lowest BCUT2D eigenvalue weighted by molar-refractivity contribution is 0.0597. The van der Waals surface area contributed by atoms with Crippen LogP contribution in [0.2, 0.25) is 0 Å². The summed E-state index contributed by atoms with van der Waals surface area (Å²) < 4.78 is 26.7. The minimum absolute atomic E-state index is 0. The lowest BCUT2D eigenvalue weighted by Gasteiger charge is -2.38. The normalized spacial score (nSPS) is 22.8. The van der Waals surface area contributed by atoms with Crippen molar-refractivity contribution in [2.45, 2.75) is 25.9 Å². The molecular formula is C13H17ClF2N2O. The van der Waals surface area contributed by atoms with Crippen molar-refractivity contribution in [1.82, 2.24) is 10.2 Å². The second kappa shape index (κ2) is 6.30. The Morgan fingerprint density at radius 1 is 1.37 bits per heavy atom. The molecule has 1 heterocycles. The first-order valence-corrected chi connectivity index (χ1v) is 6.00. The van der Waals surface area contributed by atoms with Crippen molar-refractivity contribution in [3.63, 3.8) is 0 Å². The SMILES string of the molecule is CC1NCCN(C(=O)c2cccc(F)c2F)C1C.Cl. The number of amides is 1. The van der Waals surface area contributed by atoms with Crippen molar-refractivity contribution in [2.75, 3.05) is 13.1 Å². The van der Waals surface area contributed by atoms with Crippen molar-refractivity contribution >= 4 is 18.3 Å². The van der Waals surface area contributed by atoms with Crippen LogP contribution in [0.3, 0.4) is 0 Å². The molecule has 1 fully saturated rings. The van der Waals surface area contributed by atoms with E-state index in [2.05, 4.69) is 5.32 Å². The van der Waals surface area contributed by atoms with E-state index in [0.717, 1.165) is 6.07 Å². The Kier molecular flexibility index (Phi) is 5.26. The van der Waals surface area contributed by atoms with Gasteiger partial charge in [-0.15, -0.1) is 12.4 Å². The van der Waals surface area contributed by atoms with Gasteiger partial charge in [0.25, 0.3) is 5.91 Å². The van der Waals surface area contributed by atoms with Gasteiger partial charge in [0.15, 0.2) is 11.6 Å². The third-order valence-electron chi connectivity index (χ3n) is 3.48. The van der Waals surface area contributed by atoms with Gasteiger partial charge in [-0.25, -0.2) is 8.78 Å². The van der Waals surface area contributed by atoms with Gasteiger partial charge in [-0.05, 0) is 26.0 Å². The maximum Gasteiger partial charge on any atom is 0.257 e. The molecule has 2 unspecified atom stereocenters. The molecule has 1 amide bonds. The molecule has 1 aromatic rings. The van der Waals surface area contributed by atoms with Gasteiger partial charge in [0.05, 0.1) is 5.56 Å². The van der Waals surface area contributed by atoms with E-state index in [0.29, 0.717) is 13.1 Å². The smallest absolute Gasteiger partial charge is 0.257 e. The molecule has 19 heavy (non-hydrogen) atoms. The zero-order valence-corrected chi connectivity index (χ0v) is 11.6. The number of hydrogen-bond acceptors (Lipinski definition) is 2. The first-order chi connectivity index (χ1) is 8.52. The predicted molar refractivity (Wildman–Crippen MR) is 71.6 cm³/mol. The number of carbonyl (C=O) groups is 1. The second-order valence-corrected chi connectivity index (χ2v) is 4.58. The topological polar surface area (TPSA) is 32.3 Å². The molecular weight excluding hydrogens is 274 g/mol. The lowest BCUT2D eigenvalue weighted by atomic mass is 10.0. The van der Waals surface area contributed by atoms with E-state index < -0.39 is 17.5 Å². The second-order valence-electron chi connectivity index (χ2n) is 4.58. The average Bonchev–Trinajstić information content (AvgIpc) is 2.35. The number of piperazine rings is 1. The monoisotopic (exact) mass is 290 g/mol. The van der Waals surface area contributed by atoms with Gasteiger partial charge < -0.3 is 10.2 Å². The third kappa shape index (κ3) is 3.04. The Morgan fingerprint density at radius 3 is 2.74 bits per heavy atom. The summed E-state index contributed by atoms with van der Waals surface area (Å²) in [4.78, 5) is 13.8. The van der Waals surface area contributed by atoms with Crippen LogP contribution >= 0.6 is 12.4 Å². The van der Waals surface area contributed by atoms with E-state index in [1.807, 2.05) is 13.8 Å². The molecule has 0 radical (unpaired) electrons. The average molecular weight is 291 g/mol. The quantitative estimate of drug-likeness (QED) is 0.860. The van der Waals surface area contributed by atoms with E-state index in [1.54, 1.807) is 4.90 Å². The lowest BCUT2D eigenvalue weighted by Crippen LogP contribution is -2.57. The van der Waals surface area contributed by atoms with E-state index in [-0.39, 0.29) is 30.1 Å². The van der Waals surface area contributed by atoms with Gasteiger partial charge in [0.2, 0.25) is 0 Å². The predicted octanol–water partition coefficient (Wildman–Crippen LogP) is 2.21. The maximum absolute atomic E-state index is 13.6. The summed E-state index contributed by atoms with van der Waals surface area (Å²) >= 11 is 0. The molecule has 2 rings (SSSR count). The standard InChI is InChI=1S/C13H16F2N2O.ClH/c1-8-9(2)17(7-6-16-8)13(18)10-4-3-5-11(14)12(10)15;/h3-5,8-9,16H,6-7H2,1-2H3;1H. The molecule has 0 saturated carbocycles. The molecule has 1 aliphatic heterocycles.